The number of hydrogen-bond acceptors (Lipinski definition) is 3. The average molecular weight is 234 g/mol. The van der Waals surface area contributed by atoms with Gasteiger partial charge in [0.15, 0.2) is 0 Å². The number of Topliss-reactive ketones (excluding diaryl/α,β-unsaturated/α-hetero) is 1. The molecule has 0 aliphatic heterocycles. The van der Waals surface area contributed by atoms with Crippen molar-refractivity contribution in [1.29, 1.82) is 0 Å². The summed E-state index contributed by atoms with van der Waals surface area (Å²) in [6, 6.07) is 3.98. The summed E-state index contributed by atoms with van der Waals surface area (Å²) >= 11 is 0. The number of hydrogen-bond donors (Lipinski definition) is 0. The third kappa shape index (κ3) is 5.09. The Hall–Kier alpha value is -1.22. The van der Waals surface area contributed by atoms with Crippen LogP contribution >= 0.6 is 0 Å². The molecule has 0 spiro atoms. The molecule has 0 aliphatic rings. The van der Waals surface area contributed by atoms with Crippen LogP contribution in [0, 0.1) is 5.41 Å². The van der Waals surface area contributed by atoms with Gasteiger partial charge in [0.05, 0.1) is 0 Å². The molecule has 0 N–H and O–H groups in total. The molecule has 3 nitrogen and oxygen atoms in total. The zero-order chi connectivity index (χ0) is 12.9. The largest absolute Gasteiger partial charge is 0.302 e. The van der Waals surface area contributed by atoms with Gasteiger partial charge >= 0.3 is 0 Å². The third-order valence-electron chi connectivity index (χ3n) is 2.73. The van der Waals surface area contributed by atoms with Crippen molar-refractivity contribution >= 4 is 5.78 Å². The second-order valence-electron chi connectivity index (χ2n) is 5.52. The fourth-order valence-electron chi connectivity index (χ4n) is 1.55. The van der Waals surface area contributed by atoms with Gasteiger partial charge in [0.2, 0.25) is 0 Å². The maximum absolute atomic E-state index is 11.8. The third-order valence-corrected chi connectivity index (χ3v) is 2.73. The van der Waals surface area contributed by atoms with Crippen LogP contribution in [0.1, 0.15) is 32.8 Å². The van der Waals surface area contributed by atoms with E-state index < -0.39 is 0 Å². The highest BCUT2D eigenvalue weighted by atomic mass is 16.1. The maximum Gasteiger partial charge on any atom is 0.139 e. The lowest BCUT2D eigenvalue weighted by atomic mass is 9.89. The quantitative estimate of drug-likeness (QED) is 0.785. The molecule has 1 aromatic rings. The first-order valence-corrected chi connectivity index (χ1v) is 6.00. The van der Waals surface area contributed by atoms with Crippen molar-refractivity contribution in [2.45, 2.75) is 33.7 Å². The molecular weight excluding hydrogens is 212 g/mol. The molecule has 0 amide bonds. The van der Waals surface area contributed by atoms with Crippen LogP contribution in [0.3, 0.4) is 0 Å². The van der Waals surface area contributed by atoms with Crippen LogP contribution in [0.15, 0.2) is 24.5 Å². The Morgan fingerprint density at radius 3 is 2.65 bits per heavy atom. The van der Waals surface area contributed by atoms with Crippen LogP contribution in [0.5, 0.6) is 0 Å². The smallest absolute Gasteiger partial charge is 0.139 e. The summed E-state index contributed by atoms with van der Waals surface area (Å²) in [6.07, 6.45) is 4.25. The van der Waals surface area contributed by atoms with Gasteiger partial charge < -0.3 is 4.90 Å². The van der Waals surface area contributed by atoms with E-state index in [1.165, 1.54) is 5.56 Å². The lowest BCUT2D eigenvalue weighted by Crippen LogP contribution is -2.27. The predicted octanol–water partition coefficient (Wildman–Crippen LogP) is 2.52. The van der Waals surface area contributed by atoms with Crippen LogP contribution in [0.2, 0.25) is 0 Å². The van der Waals surface area contributed by atoms with E-state index in [2.05, 4.69) is 16.0 Å². The highest BCUT2D eigenvalue weighted by molar-refractivity contribution is 5.83. The van der Waals surface area contributed by atoms with Gasteiger partial charge in [0.1, 0.15) is 5.78 Å². The molecule has 0 unspecified atom stereocenters. The van der Waals surface area contributed by atoms with Gasteiger partial charge in [-0.3, -0.25) is 9.78 Å². The topological polar surface area (TPSA) is 33.2 Å². The van der Waals surface area contributed by atoms with Crippen LogP contribution in [0.4, 0.5) is 0 Å². The SMILES string of the molecule is CN(CCC(=O)C(C)(C)C)Cc1cccnc1. The Morgan fingerprint density at radius 1 is 1.41 bits per heavy atom. The van der Waals surface area contributed by atoms with Gasteiger partial charge in [0.25, 0.3) is 0 Å². The standard InChI is InChI=1S/C14H22N2O/c1-14(2,3)13(17)7-9-16(4)11-12-6-5-8-15-10-12/h5-6,8,10H,7,9,11H2,1-4H3. The van der Waals surface area contributed by atoms with Crippen molar-refractivity contribution in [3.63, 3.8) is 0 Å². The molecule has 1 rings (SSSR count). The van der Waals surface area contributed by atoms with Crippen LogP contribution in [0.25, 0.3) is 0 Å². The highest BCUT2D eigenvalue weighted by Crippen LogP contribution is 2.16. The molecule has 1 heterocycles. The number of aromatic nitrogens is 1. The maximum atomic E-state index is 11.8. The monoisotopic (exact) mass is 234 g/mol. The van der Waals surface area contributed by atoms with E-state index in [9.17, 15) is 4.79 Å². The van der Waals surface area contributed by atoms with Gasteiger partial charge in [-0.05, 0) is 18.7 Å². The molecule has 0 aliphatic carbocycles. The zero-order valence-electron chi connectivity index (χ0n) is 11.2. The molecule has 0 bridgehead atoms. The minimum atomic E-state index is -0.227. The number of rotatable bonds is 5. The molecule has 0 fully saturated rings. The summed E-state index contributed by atoms with van der Waals surface area (Å²) in [4.78, 5) is 18.0. The number of ketones is 1. The van der Waals surface area contributed by atoms with E-state index >= 15 is 0 Å². The molecule has 0 atom stereocenters. The van der Waals surface area contributed by atoms with E-state index in [0.29, 0.717) is 12.2 Å². The highest BCUT2D eigenvalue weighted by Gasteiger charge is 2.20. The predicted molar refractivity (Wildman–Crippen MR) is 69.7 cm³/mol. The van der Waals surface area contributed by atoms with E-state index in [1.807, 2.05) is 40.1 Å². The Balaban J connectivity index is 2.36. The van der Waals surface area contributed by atoms with Crippen LogP contribution < -0.4 is 0 Å². The van der Waals surface area contributed by atoms with Gasteiger partial charge in [-0.1, -0.05) is 26.8 Å². The van der Waals surface area contributed by atoms with Gasteiger partial charge in [-0.25, -0.2) is 0 Å². The number of nitrogens with zero attached hydrogens (tertiary/aromatic N) is 2. The summed E-state index contributed by atoms with van der Waals surface area (Å²) in [5.74, 6) is 0.315. The minimum Gasteiger partial charge on any atom is -0.302 e. The normalized spacial score (nSPS) is 11.8. The first-order chi connectivity index (χ1) is 7.89. The Kier molecular flexibility index (Phi) is 4.82. The van der Waals surface area contributed by atoms with Crippen molar-refractivity contribution in [1.82, 2.24) is 9.88 Å². The molecule has 0 aromatic carbocycles. The lowest BCUT2D eigenvalue weighted by molar-refractivity contribution is -0.126. The van der Waals surface area contributed by atoms with Gasteiger partial charge in [-0.2, -0.15) is 0 Å². The molecule has 3 heteroatoms. The Morgan fingerprint density at radius 2 is 2.12 bits per heavy atom. The summed E-state index contributed by atoms with van der Waals surface area (Å²) in [7, 11) is 2.03. The van der Waals surface area contributed by atoms with Gasteiger partial charge in [0, 0.05) is 37.3 Å². The van der Waals surface area contributed by atoms with Crippen molar-refractivity contribution < 1.29 is 4.79 Å². The molecule has 1 aromatic heterocycles. The number of carbonyl (C=O) groups is 1. The van der Waals surface area contributed by atoms with E-state index in [4.69, 9.17) is 0 Å². The molecular formula is C14H22N2O. The fourth-order valence-corrected chi connectivity index (χ4v) is 1.55. The van der Waals surface area contributed by atoms with Crippen molar-refractivity contribution in [3.8, 4) is 0 Å². The van der Waals surface area contributed by atoms with Crippen molar-refractivity contribution in [3.05, 3.63) is 30.1 Å². The number of pyridine rings is 1. The Labute approximate surface area is 104 Å². The van der Waals surface area contributed by atoms with E-state index in [0.717, 1.165) is 13.1 Å². The first-order valence-electron chi connectivity index (χ1n) is 6.00. The molecule has 0 saturated heterocycles. The minimum absolute atomic E-state index is 0.227. The zero-order valence-corrected chi connectivity index (χ0v) is 11.2. The first kappa shape index (κ1) is 13.8. The van der Waals surface area contributed by atoms with E-state index in [-0.39, 0.29) is 5.41 Å². The van der Waals surface area contributed by atoms with E-state index in [1.54, 1.807) is 6.20 Å². The van der Waals surface area contributed by atoms with Crippen molar-refractivity contribution in [2.75, 3.05) is 13.6 Å². The molecule has 0 radical (unpaired) electrons. The Bertz CT molecular complexity index is 354. The summed E-state index contributed by atoms with van der Waals surface area (Å²) in [6.45, 7) is 7.54. The summed E-state index contributed by atoms with van der Waals surface area (Å²) in [5.41, 5.74) is 0.952. The second kappa shape index (κ2) is 5.92. The molecule has 0 saturated carbocycles. The average Bonchev–Trinajstić information content (AvgIpc) is 2.26. The second-order valence-corrected chi connectivity index (χ2v) is 5.52. The van der Waals surface area contributed by atoms with Crippen LogP contribution in [-0.2, 0) is 11.3 Å². The number of carbonyl (C=O) groups excluding carboxylic acids is 1. The van der Waals surface area contributed by atoms with Gasteiger partial charge in [-0.15, -0.1) is 0 Å². The summed E-state index contributed by atoms with van der Waals surface area (Å²) in [5, 5.41) is 0. The lowest BCUT2D eigenvalue weighted by Gasteiger charge is -2.20. The fraction of sp³-hybridized carbons (Fsp3) is 0.571. The van der Waals surface area contributed by atoms with Crippen LogP contribution in [-0.4, -0.2) is 29.3 Å². The summed E-state index contributed by atoms with van der Waals surface area (Å²) < 4.78 is 0. The molecule has 17 heavy (non-hydrogen) atoms. The molecule has 94 valence electrons. The van der Waals surface area contributed by atoms with Crippen molar-refractivity contribution in [2.24, 2.45) is 5.41 Å².